The van der Waals surface area contributed by atoms with Crippen molar-refractivity contribution in [1.82, 2.24) is 15.1 Å². The maximum absolute atomic E-state index is 14.0. The Morgan fingerprint density at radius 3 is 1.59 bits per heavy atom. The van der Waals surface area contributed by atoms with Crippen LogP contribution in [0.25, 0.3) is 0 Å². The number of nitrogens with one attached hydrogen (secondary N) is 1. The number of aliphatic hydroxyl groups excluding tert-OH is 3. The molecule has 1 aliphatic heterocycles. The van der Waals surface area contributed by atoms with E-state index in [4.69, 9.17) is 15.2 Å². The van der Waals surface area contributed by atoms with Gasteiger partial charge in [-0.15, -0.1) is 0 Å². The molecule has 1 heterocycles. The molecule has 1 aromatic carbocycles. The second kappa shape index (κ2) is 33.9. The summed E-state index contributed by atoms with van der Waals surface area (Å²) in [7, 11) is 0. The quantitative estimate of drug-likeness (QED) is 0.0424. The van der Waals surface area contributed by atoms with Crippen molar-refractivity contribution in [3.8, 4) is 0 Å². The van der Waals surface area contributed by atoms with Gasteiger partial charge in [-0.25, -0.2) is 14.5 Å². The number of aliphatic hydroxyl groups is 3. The molecular formula is C47H84N4O8. The Kier molecular flexibility index (Phi) is 30.1. The van der Waals surface area contributed by atoms with Crippen LogP contribution in [0, 0.1) is 0 Å². The van der Waals surface area contributed by atoms with Gasteiger partial charge in [-0.2, -0.15) is 0 Å². The third-order valence-corrected chi connectivity index (χ3v) is 11.6. The smallest absolute Gasteiger partial charge is 0.417 e. The Balaban J connectivity index is 2.07. The largest absolute Gasteiger partial charge is 0.444 e. The lowest BCUT2D eigenvalue weighted by atomic mass is 9.93. The lowest BCUT2D eigenvalue weighted by molar-refractivity contribution is -0.238. The number of hydrogen-bond acceptors (Lipinski definition) is 9. The standard InChI is InChI=1S/C47H84N4O8/c1-3-5-7-9-11-13-15-16-17-18-19-20-22-24-26-31-35-50(46(56)49-34-30-25-23-21-14-12-10-8-6-4-2)45-42(44(55)43(54)40(37-52)59-45)51(41(53)36-48)47(57)58-38-39-32-28-27-29-33-39/h27-29,32-33,40,42-45,52,54-55H,3-26,30-31,34-38,48H2,1-2H3,(H,49,56)/t40-,42-,43+,44-,45-/m1/s1. The van der Waals surface area contributed by atoms with Crippen molar-refractivity contribution < 1.29 is 39.2 Å². The zero-order valence-electron chi connectivity index (χ0n) is 37.0. The predicted octanol–water partition coefficient (Wildman–Crippen LogP) is 9.11. The molecule has 1 fully saturated rings. The van der Waals surface area contributed by atoms with E-state index in [0.29, 0.717) is 23.4 Å². The molecule has 59 heavy (non-hydrogen) atoms. The van der Waals surface area contributed by atoms with Crippen LogP contribution in [0.5, 0.6) is 0 Å². The minimum Gasteiger partial charge on any atom is -0.444 e. The second-order valence-corrected chi connectivity index (χ2v) is 16.6. The van der Waals surface area contributed by atoms with E-state index in [1.54, 1.807) is 24.3 Å². The molecule has 0 spiro atoms. The highest BCUT2D eigenvalue weighted by molar-refractivity contribution is 5.93. The van der Waals surface area contributed by atoms with Gasteiger partial charge in [-0.05, 0) is 18.4 Å². The number of ether oxygens (including phenoxy) is 2. The number of nitrogens with zero attached hydrogens (tertiary/aromatic N) is 2. The van der Waals surface area contributed by atoms with E-state index in [1.165, 1.54) is 114 Å². The molecule has 5 atom stereocenters. The first-order valence-electron chi connectivity index (χ1n) is 23.7. The zero-order chi connectivity index (χ0) is 42.9. The summed E-state index contributed by atoms with van der Waals surface area (Å²) in [4.78, 5) is 43.2. The van der Waals surface area contributed by atoms with E-state index in [0.717, 1.165) is 51.4 Å². The van der Waals surface area contributed by atoms with Crippen LogP contribution in [0.4, 0.5) is 9.59 Å². The van der Waals surface area contributed by atoms with Gasteiger partial charge in [0.2, 0.25) is 5.91 Å². The highest BCUT2D eigenvalue weighted by Crippen LogP contribution is 2.29. The summed E-state index contributed by atoms with van der Waals surface area (Å²) in [5.41, 5.74) is 6.45. The highest BCUT2D eigenvalue weighted by atomic mass is 16.6. The van der Waals surface area contributed by atoms with E-state index in [2.05, 4.69) is 19.2 Å². The number of carbonyl (C=O) groups excluding carboxylic acids is 3. The predicted molar refractivity (Wildman–Crippen MR) is 236 cm³/mol. The minimum absolute atomic E-state index is 0.160. The van der Waals surface area contributed by atoms with Gasteiger partial charge in [0, 0.05) is 13.1 Å². The number of unbranched alkanes of at least 4 members (excludes halogenated alkanes) is 24. The van der Waals surface area contributed by atoms with E-state index in [-0.39, 0.29) is 13.2 Å². The lowest BCUT2D eigenvalue weighted by Crippen LogP contribution is -2.71. The van der Waals surface area contributed by atoms with Crippen LogP contribution in [-0.4, -0.2) is 100.0 Å². The third-order valence-electron chi connectivity index (χ3n) is 11.6. The lowest BCUT2D eigenvalue weighted by Gasteiger charge is -2.49. The van der Waals surface area contributed by atoms with Crippen LogP contribution in [0.2, 0.25) is 0 Å². The summed E-state index contributed by atoms with van der Waals surface area (Å²) in [6.45, 7) is 3.69. The first-order valence-corrected chi connectivity index (χ1v) is 23.7. The van der Waals surface area contributed by atoms with Crippen LogP contribution in [-0.2, 0) is 20.9 Å². The summed E-state index contributed by atoms with van der Waals surface area (Å²) in [5, 5.41) is 35.7. The molecule has 0 saturated carbocycles. The summed E-state index contributed by atoms with van der Waals surface area (Å²) < 4.78 is 11.7. The number of benzene rings is 1. The van der Waals surface area contributed by atoms with Crippen LogP contribution < -0.4 is 11.1 Å². The molecule has 12 nitrogen and oxygen atoms in total. The van der Waals surface area contributed by atoms with Crippen molar-refractivity contribution in [2.75, 3.05) is 26.2 Å². The molecule has 6 N–H and O–H groups in total. The summed E-state index contributed by atoms with van der Waals surface area (Å²) in [6, 6.07) is 6.89. The Bertz CT molecular complexity index is 1210. The first kappa shape index (κ1) is 52.4. The topological polar surface area (TPSA) is 175 Å². The number of urea groups is 1. The maximum atomic E-state index is 14.0. The fourth-order valence-electron chi connectivity index (χ4n) is 7.98. The van der Waals surface area contributed by atoms with Crippen molar-refractivity contribution in [2.24, 2.45) is 5.73 Å². The second-order valence-electron chi connectivity index (χ2n) is 16.6. The normalized spacial score (nSPS) is 19.1. The van der Waals surface area contributed by atoms with Gasteiger partial charge in [-0.1, -0.05) is 198 Å². The summed E-state index contributed by atoms with van der Waals surface area (Å²) in [6.07, 6.45) is 23.6. The number of imide groups is 1. The number of hydrogen-bond donors (Lipinski definition) is 5. The van der Waals surface area contributed by atoms with Gasteiger partial charge < -0.3 is 35.8 Å². The van der Waals surface area contributed by atoms with E-state index in [9.17, 15) is 29.7 Å². The fraction of sp³-hybridized carbons (Fsp3) is 0.809. The molecule has 1 aliphatic rings. The van der Waals surface area contributed by atoms with Crippen LogP contribution in [0.3, 0.4) is 0 Å². The molecule has 0 unspecified atom stereocenters. The molecule has 0 radical (unpaired) electrons. The molecular weight excluding hydrogens is 749 g/mol. The van der Waals surface area contributed by atoms with Gasteiger partial charge in [0.05, 0.1) is 13.2 Å². The molecule has 0 bridgehead atoms. The summed E-state index contributed by atoms with van der Waals surface area (Å²) >= 11 is 0. The molecule has 1 saturated heterocycles. The molecule has 1 aromatic rings. The Morgan fingerprint density at radius 2 is 1.14 bits per heavy atom. The van der Waals surface area contributed by atoms with Crippen molar-refractivity contribution >= 4 is 18.0 Å². The molecule has 340 valence electrons. The first-order chi connectivity index (χ1) is 28.8. The van der Waals surface area contributed by atoms with Gasteiger partial charge in [0.25, 0.3) is 0 Å². The minimum atomic E-state index is -1.77. The van der Waals surface area contributed by atoms with Crippen LogP contribution >= 0.6 is 0 Å². The average molecular weight is 833 g/mol. The number of carbonyl (C=O) groups is 3. The molecule has 0 aliphatic carbocycles. The summed E-state index contributed by atoms with van der Waals surface area (Å²) in [5.74, 6) is -0.872. The average Bonchev–Trinajstić information content (AvgIpc) is 3.25. The van der Waals surface area contributed by atoms with Crippen molar-refractivity contribution in [1.29, 1.82) is 0 Å². The van der Waals surface area contributed by atoms with Crippen molar-refractivity contribution in [3.63, 3.8) is 0 Å². The van der Waals surface area contributed by atoms with Crippen molar-refractivity contribution in [2.45, 2.75) is 218 Å². The van der Waals surface area contributed by atoms with Gasteiger partial charge in [0.15, 0.2) is 6.23 Å². The molecule has 2 rings (SSSR count). The van der Waals surface area contributed by atoms with E-state index < -0.39 is 61.8 Å². The van der Waals surface area contributed by atoms with Crippen LogP contribution in [0.1, 0.15) is 186 Å². The Hall–Kier alpha value is -2.77. The van der Waals surface area contributed by atoms with E-state index >= 15 is 0 Å². The number of amides is 4. The zero-order valence-corrected chi connectivity index (χ0v) is 37.0. The third kappa shape index (κ3) is 21.5. The van der Waals surface area contributed by atoms with Crippen LogP contribution in [0.15, 0.2) is 30.3 Å². The Labute approximate surface area is 357 Å². The maximum Gasteiger partial charge on any atom is 0.417 e. The van der Waals surface area contributed by atoms with Gasteiger partial charge >= 0.3 is 12.1 Å². The van der Waals surface area contributed by atoms with Crippen molar-refractivity contribution in [3.05, 3.63) is 35.9 Å². The highest BCUT2D eigenvalue weighted by Gasteiger charge is 2.53. The monoisotopic (exact) mass is 833 g/mol. The SMILES string of the molecule is CCCCCCCCCCCCCCCCCCN(C(=O)NCCCCCCCCCCCC)[C@@H]1O[C@H](CO)[C@H](O)[C@H](O)[C@H]1N(C(=O)CN)C(=O)OCc1ccccc1. The van der Waals surface area contributed by atoms with E-state index in [1.807, 2.05) is 6.07 Å². The number of nitrogens with two attached hydrogens (primary N) is 1. The molecule has 4 amide bonds. The number of rotatable bonds is 34. The molecule has 0 aromatic heterocycles. The Morgan fingerprint density at radius 1 is 0.678 bits per heavy atom. The molecule has 12 heteroatoms. The van der Waals surface area contributed by atoms with Gasteiger partial charge in [-0.3, -0.25) is 9.69 Å². The van der Waals surface area contributed by atoms with Gasteiger partial charge in [0.1, 0.15) is 31.0 Å². The fourth-order valence-corrected chi connectivity index (χ4v) is 7.98.